The molecule has 2 aromatic carbocycles. The highest BCUT2D eigenvalue weighted by molar-refractivity contribution is 6.30. The molecule has 0 bridgehead atoms. The van der Waals surface area contributed by atoms with E-state index in [1.165, 1.54) is 0 Å². The summed E-state index contributed by atoms with van der Waals surface area (Å²) in [7, 11) is 0. The zero-order chi connectivity index (χ0) is 27.0. The van der Waals surface area contributed by atoms with Gasteiger partial charge in [0, 0.05) is 48.2 Å². The van der Waals surface area contributed by atoms with Crippen LogP contribution in [0.3, 0.4) is 0 Å². The van der Waals surface area contributed by atoms with Crippen molar-refractivity contribution in [2.45, 2.75) is 32.7 Å². The van der Waals surface area contributed by atoms with Crippen molar-refractivity contribution < 1.29 is 18.4 Å². The number of nitrogens with one attached hydrogen (secondary N) is 1. The van der Waals surface area contributed by atoms with Crippen LogP contribution >= 0.6 is 11.6 Å². The number of hydrogen-bond donors (Lipinski definition) is 1. The van der Waals surface area contributed by atoms with Gasteiger partial charge < -0.3 is 23.8 Å². The van der Waals surface area contributed by atoms with Crippen LogP contribution in [0.5, 0.6) is 5.75 Å². The Hall–Kier alpha value is -3.26. The van der Waals surface area contributed by atoms with E-state index in [9.17, 15) is 4.79 Å². The molecule has 0 radical (unpaired) electrons. The molecule has 3 heterocycles. The van der Waals surface area contributed by atoms with E-state index in [1.807, 2.05) is 55.5 Å². The van der Waals surface area contributed by atoms with Crippen molar-refractivity contribution in [3.63, 3.8) is 0 Å². The Balaban J connectivity index is 0.946. The van der Waals surface area contributed by atoms with Gasteiger partial charge in [-0.25, -0.2) is 0 Å². The highest BCUT2D eigenvalue weighted by Crippen LogP contribution is 2.33. The van der Waals surface area contributed by atoms with E-state index in [4.69, 9.17) is 25.2 Å². The molecule has 2 aromatic heterocycles. The van der Waals surface area contributed by atoms with E-state index in [0.717, 1.165) is 96.4 Å². The van der Waals surface area contributed by atoms with E-state index in [0.29, 0.717) is 19.7 Å². The summed E-state index contributed by atoms with van der Waals surface area (Å²) in [4.78, 5) is 17.0. The molecule has 39 heavy (non-hydrogen) atoms. The van der Waals surface area contributed by atoms with Crippen molar-refractivity contribution in [3.8, 4) is 16.9 Å². The maximum Gasteiger partial charge on any atom is 0.234 e. The molecule has 5 rings (SSSR count). The topological polar surface area (TPSA) is 71.1 Å². The minimum absolute atomic E-state index is 0.0469. The van der Waals surface area contributed by atoms with Crippen LogP contribution in [-0.2, 0) is 11.3 Å². The van der Waals surface area contributed by atoms with Gasteiger partial charge in [0.2, 0.25) is 5.91 Å². The lowest BCUT2D eigenvalue weighted by Gasteiger charge is -2.34. The molecule has 0 unspecified atom stereocenters. The molecular formula is C31H36ClN3O4. The van der Waals surface area contributed by atoms with Gasteiger partial charge in [0.05, 0.1) is 26.0 Å². The predicted molar refractivity (Wildman–Crippen MR) is 154 cm³/mol. The number of benzene rings is 2. The van der Waals surface area contributed by atoms with E-state index in [2.05, 4.69) is 21.2 Å². The van der Waals surface area contributed by atoms with Gasteiger partial charge in [-0.05, 0) is 74.7 Å². The fourth-order valence-electron chi connectivity index (χ4n) is 4.95. The molecular weight excluding hydrogens is 514 g/mol. The third kappa shape index (κ3) is 7.66. The third-order valence-electron chi connectivity index (χ3n) is 7.18. The normalized spacial score (nSPS) is 14.6. The molecule has 0 atom stereocenters. The molecule has 0 spiro atoms. The second kappa shape index (κ2) is 13.2. The molecule has 1 saturated heterocycles. The van der Waals surface area contributed by atoms with Crippen LogP contribution in [0.4, 0.5) is 0 Å². The number of piperazine rings is 1. The molecule has 0 saturated carbocycles. The quantitative estimate of drug-likeness (QED) is 0.214. The van der Waals surface area contributed by atoms with Gasteiger partial charge in [-0.2, -0.15) is 0 Å². The molecule has 206 valence electrons. The molecule has 4 aromatic rings. The van der Waals surface area contributed by atoms with Gasteiger partial charge in [0.1, 0.15) is 22.9 Å². The fourth-order valence-corrected chi connectivity index (χ4v) is 5.08. The number of amides is 1. The van der Waals surface area contributed by atoms with Gasteiger partial charge in [0.25, 0.3) is 0 Å². The lowest BCUT2D eigenvalue weighted by atomic mass is 10.0. The first kappa shape index (κ1) is 27.3. The van der Waals surface area contributed by atoms with Crippen LogP contribution in [0.25, 0.3) is 22.1 Å². The average molecular weight is 550 g/mol. The number of nitrogens with zero attached hydrogens (tertiary/aromatic N) is 2. The van der Waals surface area contributed by atoms with Crippen molar-refractivity contribution >= 4 is 28.5 Å². The van der Waals surface area contributed by atoms with Crippen LogP contribution in [0, 0.1) is 6.92 Å². The second-order valence-electron chi connectivity index (χ2n) is 10.1. The van der Waals surface area contributed by atoms with Gasteiger partial charge >= 0.3 is 0 Å². The largest absolute Gasteiger partial charge is 0.493 e. The van der Waals surface area contributed by atoms with E-state index in [1.54, 1.807) is 6.26 Å². The Kier molecular flexibility index (Phi) is 9.24. The molecule has 8 heteroatoms. The maximum atomic E-state index is 12.3. The SMILES string of the molecule is Cc1ccc(CNC(=O)CN2CCN(CCCCCOc3ccc4c(-c5ccc(Cl)cc5)coc4c3)CC2)o1. The minimum Gasteiger partial charge on any atom is -0.493 e. The molecule has 1 amide bonds. The Bertz CT molecular complexity index is 1360. The average Bonchev–Trinajstić information content (AvgIpc) is 3.56. The highest BCUT2D eigenvalue weighted by atomic mass is 35.5. The van der Waals surface area contributed by atoms with Crippen molar-refractivity contribution in [1.29, 1.82) is 0 Å². The Morgan fingerprint density at radius 3 is 2.54 bits per heavy atom. The zero-order valence-corrected chi connectivity index (χ0v) is 23.2. The summed E-state index contributed by atoms with van der Waals surface area (Å²) in [5.74, 6) is 2.53. The van der Waals surface area contributed by atoms with Gasteiger partial charge in [0.15, 0.2) is 0 Å². The number of fused-ring (bicyclic) bond motifs is 1. The predicted octanol–water partition coefficient (Wildman–Crippen LogP) is 6.14. The van der Waals surface area contributed by atoms with Crippen LogP contribution in [-0.4, -0.2) is 61.6 Å². The van der Waals surface area contributed by atoms with Gasteiger partial charge in [-0.1, -0.05) is 23.7 Å². The van der Waals surface area contributed by atoms with Crippen LogP contribution in [0.2, 0.25) is 5.02 Å². The van der Waals surface area contributed by atoms with Crippen molar-refractivity contribution in [3.05, 3.63) is 77.4 Å². The number of rotatable bonds is 12. The van der Waals surface area contributed by atoms with Crippen molar-refractivity contribution in [2.75, 3.05) is 45.9 Å². The first-order chi connectivity index (χ1) is 19.0. The summed E-state index contributed by atoms with van der Waals surface area (Å²) < 4.78 is 17.3. The van der Waals surface area contributed by atoms with E-state index < -0.39 is 0 Å². The Labute approximate surface area is 234 Å². The standard InChI is InChI=1S/C31H36ClN3O4/c1-23-5-10-27(39-23)20-33-31(36)21-35-16-14-34(15-17-35)13-3-2-4-18-37-26-11-12-28-29(22-38-30(28)19-26)24-6-8-25(32)9-7-24/h5-12,19,22H,2-4,13-18,20-21H2,1H3,(H,33,36). The first-order valence-corrected chi connectivity index (χ1v) is 14.1. The minimum atomic E-state index is 0.0469. The van der Waals surface area contributed by atoms with Crippen LogP contribution < -0.4 is 10.1 Å². The van der Waals surface area contributed by atoms with Crippen LogP contribution in [0.15, 0.2) is 69.7 Å². The number of unbranched alkanes of at least 4 members (excludes halogenated alkanes) is 2. The number of hydrogen-bond acceptors (Lipinski definition) is 6. The second-order valence-corrected chi connectivity index (χ2v) is 10.6. The number of carbonyl (C=O) groups is 1. The molecule has 7 nitrogen and oxygen atoms in total. The van der Waals surface area contributed by atoms with Gasteiger partial charge in [-0.15, -0.1) is 0 Å². The summed E-state index contributed by atoms with van der Waals surface area (Å²) in [5.41, 5.74) is 2.95. The number of furan rings is 2. The molecule has 1 aliphatic heterocycles. The highest BCUT2D eigenvalue weighted by Gasteiger charge is 2.18. The number of carbonyl (C=O) groups excluding carboxylic acids is 1. The van der Waals surface area contributed by atoms with Crippen molar-refractivity contribution in [1.82, 2.24) is 15.1 Å². The smallest absolute Gasteiger partial charge is 0.234 e. The van der Waals surface area contributed by atoms with E-state index >= 15 is 0 Å². The molecule has 1 fully saturated rings. The Morgan fingerprint density at radius 2 is 1.77 bits per heavy atom. The zero-order valence-electron chi connectivity index (χ0n) is 22.5. The summed E-state index contributed by atoms with van der Waals surface area (Å²) in [6, 6.07) is 17.6. The molecule has 1 N–H and O–H groups in total. The summed E-state index contributed by atoms with van der Waals surface area (Å²) >= 11 is 6.02. The fraction of sp³-hybridized carbons (Fsp3) is 0.387. The molecule has 0 aliphatic carbocycles. The van der Waals surface area contributed by atoms with Crippen molar-refractivity contribution in [2.24, 2.45) is 0 Å². The number of aryl methyl sites for hydroxylation is 1. The lowest BCUT2D eigenvalue weighted by Crippen LogP contribution is -2.49. The number of ether oxygens (including phenoxy) is 1. The van der Waals surface area contributed by atoms with E-state index in [-0.39, 0.29) is 5.91 Å². The maximum absolute atomic E-state index is 12.3. The lowest BCUT2D eigenvalue weighted by molar-refractivity contribution is -0.122. The summed E-state index contributed by atoms with van der Waals surface area (Å²) in [6.07, 6.45) is 5.07. The monoisotopic (exact) mass is 549 g/mol. The van der Waals surface area contributed by atoms with Gasteiger partial charge in [-0.3, -0.25) is 9.69 Å². The summed E-state index contributed by atoms with van der Waals surface area (Å²) in [6.45, 7) is 8.42. The Morgan fingerprint density at radius 1 is 0.974 bits per heavy atom. The molecule has 1 aliphatic rings. The third-order valence-corrected chi connectivity index (χ3v) is 7.43. The summed E-state index contributed by atoms with van der Waals surface area (Å²) in [5, 5.41) is 4.73. The first-order valence-electron chi connectivity index (χ1n) is 13.7. The number of halogens is 1. The van der Waals surface area contributed by atoms with Crippen LogP contribution in [0.1, 0.15) is 30.8 Å².